The molecule has 21 heavy (non-hydrogen) atoms. The van der Waals surface area contributed by atoms with E-state index in [1.54, 1.807) is 4.90 Å². The molecule has 1 atom stereocenters. The number of hydrogen-bond acceptors (Lipinski definition) is 5. The molecule has 0 aromatic rings. The Balaban J connectivity index is 1.80. The van der Waals surface area contributed by atoms with Crippen LogP contribution in [-0.4, -0.2) is 66.4 Å². The van der Waals surface area contributed by atoms with E-state index in [9.17, 15) is 19.2 Å². The Bertz CT molecular complexity index is 465. The minimum absolute atomic E-state index is 0.0719. The van der Waals surface area contributed by atoms with E-state index in [1.165, 1.54) is 6.92 Å². The topological polar surface area (TPSA) is 96.0 Å². The van der Waals surface area contributed by atoms with E-state index in [2.05, 4.69) is 5.32 Å². The molecule has 1 N–H and O–H groups in total. The quantitative estimate of drug-likeness (QED) is 0.698. The van der Waals surface area contributed by atoms with Gasteiger partial charge in [-0.25, -0.2) is 4.79 Å². The van der Waals surface area contributed by atoms with E-state index < -0.39 is 30.4 Å². The maximum absolute atomic E-state index is 11.9. The predicted molar refractivity (Wildman–Crippen MR) is 71.0 cm³/mol. The maximum Gasteiger partial charge on any atom is 0.324 e. The fourth-order valence-corrected chi connectivity index (χ4v) is 2.49. The van der Waals surface area contributed by atoms with Gasteiger partial charge in [-0.2, -0.15) is 0 Å². The highest BCUT2D eigenvalue weighted by atomic mass is 16.5. The third kappa shape index (κ3) is 3.71. The Morgan fingerprint density at radius 1 is 1.33 bits per heavy atom. The number of ether oxygens (including phenoxy) is 1. The highest BCUT2D eigenvalue weighted by Crippen LogP contribution is 2.18. The van der Waals surface area contributed by atoms with Gasteiger partial charge < -0.3 is 15.0 Å². The van der Waals surface area contributed by atoms with Gasteiger partial charge in [-0.15, -0.1) is 0 Å². The number of esters is 1. The molecular weight excluding hydrogens is 278 g/mol. The van der Waals surface area contributed by atoms with Gasteiger partial charge in [-0.1, -0.05) is 0 Å². The van der Waals surface area contributed by atoms with Crippen LogP contribution in [0.4, 0.5) is 4.79 Å². The van der Waals surface area contributed by atoms with E-state index in [0.29, 0.717) is 26.1 Å². The molecule has 8 nitrogen and oxygen atoms in total. The van der Waals surface area contributed by atoms with Crippen LogP contribution in [0.5, 0.6) is 0 Å². The van der Waals surface area contributed by atoms with E-state index in [1.807, 2.05) is 0 Å². The van der Waals surface area contributed by atoms with Crippen molar-refractivity contribution < 1.29 is 23.9 Å². The second kappa shape index (κ2) is 6.55. The van der Waals surface area contributed by atoms with Crippen LogP contribution in [0.15, 0.2) is 0 Å². The van der Waals surface area contributed by atoms with Crippen LogP contribution >= 0.6 is 0 Å². The summed E-state index contributed by atoms with van der Waals surface area (Å²) in [5, 5.41) is 2.50. The minimum Gasteiger partial charge on any atom is -0.455 e. The van der Waals surface area contributed by atoms with Crippen LogP contribution in [0.2, 0.25) is 0 Å². The zero-order valence-corrected chi connectivity index (χ0v) is 12.0. The number of imide groups is 1. The molecule has 0 bridgehead atoms. The fourth-order valence-electron chi connectivity index (χ4n) is 2.49. The number of urea groups is 1. The average Bonchev–Trinajstić information content (AvgIpc) is 2.90. The van der Waals surface area contributed by atoms with Crippen LogP contribution in [0.3, 0.4) is 0 Å². The number of nitrogens with zero attached hydrogens (tertiary/aromatic N) is 2. The Morgan fingerprint density at radius 3 is 2.71 bits per heavy atom. The summed E-state index contributed by atoms with van der Waals surface area (Å²) in [6.07, 6.45) is 1.38. The third-order valence-electron chi connectivity index (χ3n) is 3.70. The van der Waals surface area contributed by atoms with Crippen LogP contribution in [-0.2, 0) is 19.1 Å². The first kappa shape index (κ1) is 15.3. The molecule has 2 rings (SSSR count). The molecule has 0 radical (unpaired) electrons. The van der Waals surface area contributed by atoms with Gasteiger partial charge in [0.15, 0.2) is 6.61 Å². The molecule has 2 heterocycles. The smallest absolute Gasteiger partial charge is 0.324 e. The zero-order chi connectivity index (χ0) is 15.4. The minimum atomic E-state index is -0.530. The molecule has 0 spiro atoms. The van der Waals surface area contributed by atoms with Gasteiger partial charge in [0, 0.05) is 33.1 Å². The number of likely N-dealkylation sites (tertiary alicyclic amines) is 1. The number of rotatable bonds is 3. The van der Waals surface area contributed by atoms with Crippen molar-refractivity contribution in [2.45, 2.75) is 19.8 Å². The molecule has 2 saturated heterocycles. The van der Waals surface area contributed by atoms with Crippen molar-refractivity contribution in [3.05, 3.63) is 0 Å². The summed E-state index contributed by atoms with van der Waals surface area (Å²) >= 11 is 0. The summed E-state index contributed by atoms with van der Waals surface area (Å²) in [5.74, 6) is -1.49. The van der Waals surface area contributed by atoms with Gasteiger partial charge in [0.05, 0.1) is 5.92 Å². The number of carbonyl (C=O) groups excluding carboxylic acids is 4. The number of nitrogens with one attached hydrogen (secondary N) is 1. The van der Waals surface area contributed by atoms with E-state index in [4.69, 9.17) is 4.74 Å². The summed E-state index contributed by atoms with van der Waals surface area (Å²) in [6, 6.07) is -0.462. The molecule has 2 aliphatic rings. The van der Waals surface area contributed by atoms with Crippen LogP contribution in [0.1, 0.15) is 19.8 Å². The molecule has 0 unspecified atom stereocenters. The van der Waals surface area contributed by atoms with Crippen LogP contribution in [0.25, 0.3) is 0 Å². The number of carbonyl (C=O) groups is 4. The van der Waals surface area contributed by atoms with Crippen molar-refractivity contribution in [3.63, 3.8) is 0 Å². The lowest BCUT2D eigenvalue weighted by molar-refractivity contribution is -0.156. The molecular formula is C13H19N3O5. The normalized spacial score (nSPS) is 22.0. The molecule has 2 aliphatic heterocycles. The summed E-state index contributed by atoms with van der Waals surface area (Å²) in [6.45, 7) is 2.69. The second-order valence-corrected chi connectivity index (χ2v) is 5.19. The van der Waals surface area contributed by atoms with Crippen LogP contribution in [0, 0.1) is 5.92 Å². The maximum atomic E-state index is 11.9. The Labute approximate surface area is 122 Å². The monoisotopic (exact) mass is 297 g/mol. The fraction of sp³-hybridized carbons (Fsp3) is 0.692. The van der Waals surface area contributed by atoms with Crippen LogP contribution < -0.4 is 5.32 Å². The van der Waals surface area contributed by atoms with Crippen molar-refractivity contribution in [1.29, 1.82) is 0 Å². The highest BCUT2D eigenvalue weighted by molar-refractivity contribution is 5.97. The molecule has 0 saturated carbocycles. The van der Waals surface area contributed by atoms with E-state index >= 15 is 0 Å². The third-order valence-corrected chi connectivity index (χ3v) is 3.70. The van der Waals surface area contributed by atoms with Crippen molar-refractivity contribution in [3.8, 4) is 0 Å². The molecule has 116 valence electrons. The predicted octanol–water partition coefficient (Wildman–Crippen LogP) is -0.660. The van der Waals surface area contributed by atoms with Crippen molar-refractivity contribution in [2.24, 2.45) is 5.92 Å². The number of amides is 4. The largest absolute Gasteiger partial charge is 0.455 e. The van der Waals surface area contributed by atoms with Crippen molar-refractivity contribution in [2.75, 3.05) is 32.8 Å². The summed E-state index contributed by atoms with van der Waals surface area (Å²) < 4.78 is 4.98. The average molecular weight is 297 g/mol. The van der Waals surface area contributed by atoms with Gasteiger partial charge >= 0.3 is 12.0 Å². The second-order valence-electron chi connectivity index (χ2n) is 5.19. The first-order chi connectivity index (χ1) is 9.99. The Morgan fingerprint density at radius 2 is 2.10 bits per heavy atom. The summed E-state index contributed by atoms with van der Waals surface area (Å²) in [7, 11) is 0. The summed E-state index contributed by atoms with van der Waals surface area (Å²) in [5.41, 5.74) is 0. The van der Waals surface area contributed by atoms with Gasteiger partial charge in [-0.3, -0.25) is 19.3 Å². The van der Waals surface area contributed by atoms with Gasteiger partial charge in [0.2, 0.25) is 5.91 Å². The Kier molecular flexibility index (Phi) is 4.77. The molecule has 4 amide bonds. The van der Waals surface area contributed by atoms with Gasteiger partial charge in [0.25, 0.3) is 5.91 Å². The SMILES string of the molecule is CC(=O)N1CCC[C@@H](C(=O)OCC(=O)N2CCNC2=O)C1. The lowest BCUT2D eigenvalue weighted by atomic mass is 9.98. The number of piperidine rings is 1. The number of hydrogen-bond donors (Lipinski definition) is 1. The van der Waals surface area contributed by atoms with Gasteiger partial charge in [-0.05, 0) is 12.8 Å². The van der Waals surface area contributed by atoms with Crippen molar-refractivity contribution in [1.82, 2.24) is 15.1 Å². The Hall–Kier alpha value is -2.12. The first-order valence-corrected chi connectivity index (χ1v) is 6.99. The summed E-state index contributed by atoms with van der Waals surface area (Å²) in [4.78, 5) is 48.9. The molecule has 8 heteroatoms. The lowest BCUT2D eigenvalue weighted by Gasteiger charge is -2.30. The first-order valence-electron chi connectivity index (χ1n) is 6.99. The van der Waals surface area contributed by atoms with E-state index in [0.717, 1.165) is 11.3 Å². The van der Waals surface area contributed by atoms with Crippen molar-refractivity contribution >= 4 is 23.8 Å². The highest BCUT2D eigenvalue weighted by Gasteiger charge is 2.30. The lowest BCUT2D eigenvalue weighted by Crippen LogP contribution is -2.43. The molecule has 0 aliphatic carbocycles. The zero-order valence-electron chi connectivity index (χ0n) is 12.0. The molecule has 0 aromatic carbocycles. The molecule has 2 fully saturated rings. The van der Waals surface area contributed by atoms with Gasteiger partial charge in [0.1, 0.15) is 0 Å². The molecule has 0 aromatic heterocycles. The standard InChI is InChI=1S/C13H19N3O5/c1-9(17)15-5-2-3-10(7-15)12(19)21-8-11(18)16-6-4-14-13(16)20/h10H,2-8H2,1H3,(H,14,20)/t10-/m1/s1. The van der Waals surface area contributed by atoms with E-state index in [-0.39, 0.29) is 12.5 Å².